The Bertz CT molecular complexity index is 1370. The minimum Gasteiger partial charge on any atom is -0.467 e. The lowest BCUT2D eigenvalue weighted by molar-refractivity contribution is -0.115. The van der Waals surface area contributed by atoms with Crippen molar-refractivity contribution in [3.63, 3.8) is 0 Å². The molecular weight excluding hydrogens is 454 g/mol. The number of furan rings is 1. The Hall–Kier alpha value is -4.17. The maximum atomic E-state index is 12.7. The van der Waals surface area contributed by atoms with E-state index in [1.54, 1.807) is 66.9 Å². The van der Waals surface area contributed by atoms with E-state index < -0.39 is 0 Å². The van der Waals surface area contributed by atoms with E-state index in [4.69, 9.17) is 16.0 Å². The van der Waals surface area contributed by atoms with Gasteiger partial charge < -0.3 is 20.0 Å². The number of halogens is 1. The number of nitrogens with one attached hydrogen (secondary N) is 2. The van der Waals surface area contributed by atoms with E-state index in [1.807, 2.05) is 12.1 Å². The molecule has 2 aromatic heterocycles. The zero-order chi connectivity index (χ0) is 23.7. The Balaban J connectivity index is 1.35. The number of nitrogens with zero attached hydrogens (tertiary/aromatic N) is 3. The summed E-state index contributed by atoms with van der Waals surface area (Å²) in [5.41, 5.74) is 4.05. The number of hydrogen-bond acceptors (Lipinski definition) is 6. The molecule has 1 aliphatic rings. The fourth-order valence-corrected chi connectivity index (χ4v) is 3.95. The molecular formula is C25H20ClN5O3. The molecule has 0 fully saturated rings. The summed E-state index contributed by atoms with van der Waals surface area (Å²) < 4.78 is 5.31. The monoisotopic (exact) mass is 473 g/mol. The topological polar surface area (TPSA) is 100 Å². The van der Waals surface area contributed by atoms with Crippen LogP contribution in [-0.2, 0) is 17.8 Å². The number of carbonyl (C=O) groups excluding carboxylic acids is 2. The highest BCUT2D eigenvalue weighted by molar-refractivity contribution is 6.31. The molecule has 1 aliphatic heterocycles. The molecule has 170 valence electrons. The number of aromatic nitrogens is 2. The van der Waals surface area contributed by atoms with Crippen LogP contribution in [0.25, 0.3) is 11.3 Å². The highest BCUT2D eigenvalue weighted by Gasteiger charge is 2.21. The van der Waals surface area contributed by atoms with E-state index in [-0.39, 0.29) is 18.2 Å². The molecule has 2 aromatic carbocycles. The Morgan fingerprint density at radius 3 is 2.79 bits per heavy atom. The van der Waals surface area contributed by atoms with Crippen LogP contribution in [0, 0.1) is 0 Å². The third-order valence-corrected chi connectivity index (χ3v) is 5.67. The van der Waals surface area contributed by atoms with Gasteiger partial charge in [0.2, 0.25) is 11.9 Å². The van der Waals surface area contributed by atoms with Gasteiger partial charge in [0.1, 0.15) is 5.76 Å². The van der Waals surface area contributed by atoms with Crippen LogP contribution >= 0.6 is 11.6 Å². The first kappa shape index (κ1) is 21.7. The molecule has 0 aliphatic carbocycles. The van der Waals surface area contributed by atoms with Crippen molar-refractivity contribution in [3.8, 4) is 11.3 Å². The first-order valence-corrected chi connectivity index (χ1v) is 10.9. The first-order valence-electron chi connectivity index (χ1n) is 10.6. The van der Waals surface area contributed by atoms with Crippen molar-refractivity contribution >= 4 is 40.7 Å². The number of benzene rings is 2. The SMILES string of the molecule is CN(Cc1ccco1)C(=O)c1ccc(Nc2ncc3c(n2)-c2ccc(Cl)cc2NC(=O)C3)cc1. The van der Waals surface area contributed by atoms with Crippen molar-refractivity contribution in [3.05, 3.63) is 89.0 Å². The summed E-state index contributed by atoms with van der Waals surface area (Å²) in [6, 6.07) is 16.0. The van der Waals surface area contributed by atoms with Gasteiger partial charge in [-0.2, -0.15) is 0 Å². The largest absolute Gasteiger partial charge is 0.467 e. The van der Waals surface area contributed by atoms with E-state index in [0.29, 0.717) is 34.5 Å². The molecule has 2 N–H and O–H groups in total. The van der Waals surface area contributed by atoms with Gasteiger partial charge in [0, 0.05) is 40.6 Å². The summed E-state index contributed by atoms with van der Waals surface area (Å²) in [7, 11) is 1.73. The van der Waals surface area contributed by atoms with Crippen LogP contribution in [0.3, 0.4) is 0 Å². The summed E-state index contributed by atoms with van der Waals surface area (Å²) in [5, 5.41) is 6.56. The molecule has 4 aromatic rings. The number of hydrogen-bond donors (Lipinski definition) is 2. The molecule has 5 rings (SSSR count). The molecule has 0 spiro atoms. The normalized spacial score (nSPS) is 12.2. The predicted molar refractivity (Wildman–Crippen MR) is 129 cm³/mol. The lowest BCUT2D eigenvalue weighted by Gasteiger charge is -2.16. The highest BCUT2D eigenvalue weighted by atomic mass is 35.5. The highest BCUT2D eigenvalue weighted by Crippen LogP contribution is 2.34. The molecule has 8 nitrogen and oxygen atoms in total. The van der Waals surface area contributed by atoms with Gasteiger partial charge in [-0.25, -0.2) is 9.97 Å². The van der Waals surface area contributed by atoms with Gasteiger partial charge in [-0.1, -0.05) is 11.6 Å². The van der Waals surface area contributed by atoms with E-state index in [2.05, 4.69) is 20.6 Å². The number of rotatable bonds is 5. The molecule has 0 saturated carbocycles. The van der Waals surface area contributed by atoms with Crippen LogP contribution in [-0.4, -0.2) is 33.7 Å². The third-order valence-electron chi connectivity index (χ3n) is 5.43. The van der Waals surface area contributed by atoms with Gasteiger partial charge in [-0.05, 0) is 54.6 Å². The molecule has 0 saturated heterocycles. The molecule has 0 radical (unpaired) electrons. The van der Waals surface area contributed by atoms with Gasteiger partial charge in [0.25, 0.3) is 5.91 Å². The van der Waals surface area contributed by atoms with E-state index in [9.17, 15) is 9.59 Å². The first-order chi connectivity index (χ1) is 16.5. The van der Waals surface area contributed by atoms with Crippen molar-refractivity contribution in [1.82, 2.24) is 14.9 Å². The third kappa shape index (κ3) is 4.49. The molecule has 2 amide bonds. The zero-order valence-electron chi connectivity index (χ0n) is 18.2. The second-order valence-electron chi connectivity index (χ2n) is 7.93. The smallest absolute Gasteiger partial charge is 0.254 e. The number of anilines is 3. The Morgan fingerprint density at radius 2 is 2.03 bits per heavy atom. The number of amides is 2. The Kier molecular flexibility index (Phi) is 5.73. The van der Waals surface area contributed by atoms with Crippen LogP contribution in [0.15, 0.2) is 71.5 Å². The van der Waals surface area contributed by atoms with Crippen LogP contribution in [0.5, 0.6) is 0 Å². The predicted octanol–water partition coefficient (Wildman–Crippen LogP) is 4.90. The average Bonchev–Trinajstić information content (AvgIpc) is 3.28. The summed E-state index contributed by atoms with van der Waals surface area (Å²) in [6.07, 6.45) is 3.40. The summed E-state index contributed by atoms with van der Waals surface area (Å²) in [6.45, 7) is 0.388. The number of fused-ring (bicyclic) bond motifs is 3. The van der Waals surface area contributed by atoms with Crippen molar-refractivity contribution in [1.29, 1.82) is 0 Å². The van der Waals surface area contributed by atoms with Crippen LogP contribution in [0.2, 0.25) is 5.02 Å². The number of carbonyl (C=O) groups is 2. The van der Waals surface area contributed by atoms with E-state index >= 15 is 0 Å². The molecule has 0 unspecified atom stereocenters. The fourth-order valence-electron chi connectivity index (χ4n) is 3.78. The molecule has 0 bridgehead atoms. The Morgan fingerprint density at radius 1 is 1.21 bits per heavy atom. The summed E-state index contributed by atoms with van der Waals surface area (Å²) >= 11 is 6.10. The van der Waals surface area contributed by atoms with Gasteiger partial charge in [-0.15, -0.1) is 0 Å². The lowest BCUT2D eigenvalue weighted by Crippen LogP contribution is -2.25. The molecule has 34 heavy (non-hydrogen) atoms. The minimum absolute atomic E-state index is 0.114. The van der Waals surface area contributed by atoms with Crippen LogP contribution < -0.4 is 10.6 Å². The van der Waals surface area contributed by atoms with Gasteiger partial charge >= 0.3 is 0 Å². The van der Waals surface area contributed by atoms with Gasteiger partial charge in [-0.3, -0.25) is 9.59 Å². The molecule has 3 heterocycles. The Labute approximate surface area is 200 Å². The van der Waals surface area contributed by atoms with Crippen molar-refractivity contribution < 1.29 is 14.0 Å². The van der Waals surface area contributed by atoms with Crippen molar-refractivity contribution in [2.45, 2.75) is 13.0 Å². The maximum absolute atomic E-state index is 12.7. The minimum atomic E-state index is -0.149. The summed E-state index contributed by atoms with van der Waals surface area (Å²) in [5.74, 6) is 0.832. The standard InChI is InChI=1S/C25H20ClN5O3/c1-31(14-19-3-2-10-34-19)24(33)15-4-7-18(8-5-15)28-25-27-13-16-11-22(32)29-21-12-17(26)6-9-20(21)23(16)30-25/h2-10,12-13H,11,14H2,1H3,(H,29,32)(H,27,28,30). The maximum Gasteiger partial charge on any atom is 0.254 e. The molecule has 9 heteroatoms. The average molecular weight is 474 g/mol. The fraction of sp³-hybridized carbons (Fsp3) is 0.120. The second kappa shape index (κ2) is 8.99. The van der Waals surface area contributed by atoms with Crippen molar-refractivity contribution in [2.75, 3.05) is 17.7 Å². The zero-order valence-corrected chi connectivity index (χ0v) is 19.0. The second-order valence-corrected chi connectivity index (χ2v) is 8.36. The molecule has 0 atom stereocenters. The van der Waals surface area contributed by atoms with Crippen LogP contribution in [0.1, 0.15) is 21.7 Å². The lowest BCUT2D eigenvalue weighted by atomic mass is 10.1. The van der Waals surface area contributed by atoms with Crippen LogP contribution in [0.4, 0.5) is 17.3 Å². The quantitative estimate of drug-likeness (QED) is 0.427. The van der Waals surface area contributed by atoms with Gasteiger partial charge in [0.05, 0.1) is 30.6 Å². The van der Waals surface area contributed by atoms with Gasteiger partial charge in [0.15, 0.2) is 0 Å². The van der Waals surface area contributed by atoms with Crippen molar-refractivity contribution in [2.24, 2.45) is 0 Å². The van der Waals surface area contributed by atoms with E-state index in [1.165, 1.54) is 0 Å². The summed E-state index contributed by atoms with van der Waals surface area (Å²) in [4.78, 5) is 35.6. The van der Waals surface area contributed by atoms with E-state index in [0.717, 1.165) is 22.6 Å².